The standard InChI is InChI=1S/C18H22O4.C10H8O2.C6H6O2/c1-11(7-13-3-5-15(19)17(21)9-13)12(2)8-14-4-6-16(20)18(22)10-14;11-9-5-7-3-1-2-4-8(7)6-10(9)12;7-5-3-1-2-4-6(5)8/h3-6,9-12,19-22H,7-8H2,1-2H3;1-6,11-12H;1-4,7-8H. The van der Waals surface area contributed by atoms with Crippen LogP contribution in [0.25, 0.3) is 10.8 Å². The maximum atomic E-state index is 9.54. The van der Waals surface area contributed by atoms with E-state index in [0.29, 0.717) is 11.8 Å². The quantitative estimate of drug-likeness (QED) is 0.105. The number of phenolic OH excluding ortho intramolecular Hbond substituents is 8. The third-order valence-electron chi connectivity index (χ3n) is 6.89. The molecule has 0 aliphatic heterocycles. The minimum atomic E-state index is -0.107. The number of fused-ring (bicyclic) bond motifs is 1. The molecule has 0 spiro atoms. The van der Waals surface area contributed by atoms with Crippen molar-refractivity contribution in [1.29, 1.82) is 0 Å². The molecule has 2 atom stereocenters. The second kappa shape index (κ2) is 14.4. The lowest BCUT2D eigenvalue weighted by Crippen LogP contribution is -2.13. The number of benzene rings is 5. The molecule has 0 aromatic heterocycles. The van der Waals surface area contributed by atoms with Gasteiger partial charge in [0, 0.05) is 0 Å². The Morgan fingerprint density at radius 1 is 0.381 bits per heavy atom. The maximum Gasteiger partial charge on any atom is 0.158 e. The largest absolute Gasteiger partial charge is 0.504 e. The highest BCUT2D eigenvalue weighted by molar-refractivity contribution is 5.85. The molecule has 0 heterocycles. The van der Waals surface area contributed by atoms with Gasteiger partial charge in [-0.3, -0.25) is 0 Å². The first-order valence-electron chi connectivity index (χ1n) is 13.3. The van der Waals surface area contributed by atoms with Gasteiger partial charge in [0.2, 0.25) is 0 Å². The van der Waals surface area contributed by atoms with Gasteiger partial charge in [-0.2, -0.15) is 0 Å². The van der Waals surface area contributed by atoms with E-state index in [1.807, 2.05) is 36.4 Å². The van der Waals surface area contributed by atoms with Crippen molar-refractivity contribution >= 4 is 10.8 Å². The zero-order chi connectivity index (χ0) is 30.8. The van der Waals surface area contributed by atoms with Crippen molar-refractivity contribution in [2.45, 2.75) is 26.7 Å². The maximum absolute atomic E-state index is 9.54. The van der Waals surface area contributed by atoms with E-state index in [2.05, 4.69) is 13.8 Å². The molecule has 0 amide bonds. The lowest BCUT2D eigenvalue weighted by molar-refractivity contribution is 0.377. The van der Waals surface area contributed by atoms with Crippen molar-refractivity contribution in [1.82, 2.24) is 0 Å². The van der Waals surface area contributed by atoms with Crippen LogP contribution < -0.4 is 0 Å². The molecule has 5 aromatic rings. The molecule has 2 unspecified atom stereocenters. The van der Waals surface area contributed by atoms with Crippen molar-refractivity contribution in [2.24, 2.45) is 11.8 Å². The Bertz CT molecular complexity index is 1500. The summed E-state index contributed by atoms with van der Waals surface area (Å²) in [7, 11) is 0. The summed E-state index contributed by atoms with van der Waals surface area (Å²) < 4.78 is 0. The molecule has 8 nitrogen and oxygen atoms in total. The molecule has 0 radical (unpaired) electrons. The van der Waals surface area contributed by atoms with Crippen molar-refractivity contribution in [3.63, 3.8) is 0 Å². The van der Waals surface area contributed by atoms with Gasteiger partial charge in [0.1, 0.15) is 0 Å². The van der Waals surface area contributed by atoms with E-state index in [4.69, 9.17) is 20.4 Å². The predicted octanol–water partition coefficient (Wildman–Crippen LogP) is 6.92. The number of hydrogen-bond acceptors (Lipinski definition) is 8. The van der Waals surface area contributed by atoms with E-state index in [9.17, 15) is 20.4 Å². The fraction of sp³-hybridized carbons (Fsp3) is 0.176. The topological polar surface area (TPSA) is 162 Å². The number of phenols is 8. The van der Waals surface area contributed by atoms with E-state index in [1.165, 1.54) is 24.3 Å². The van der Waals surface area contributed by atoms with Gasteiger partial charge in [0.25, 0.3) is 0 Å². The molecule has 8 heteroatoms. The molecule has 0 bridgehead atoms. The van der Waals surface area contributed by atoms with Crippen molar-refractivity contribution in [3.8, 4) is 46.0 Å². The number of hydrogen-bond donors (Lipinski definition) is 8. The van der Waals surface area contributed by atoms with Crippen LogP contribution in [0.3, 0.4) is 0 Å². The molecular formula is C34H36O8. The van der Waals surface area contributed by atoms with Gasteiger partial charge in [-0.05, 0) is 95.1 Å². The second-order valence-electron chi connectivity index (χ2n) is 10.2. The lowest BCUT2D eigenvalue weighted by atomic mass is 9.85. The van der Waals surface area contributed by atoms with Gasteiger partial charge in [-0.1, -0.05) is 62.4 Å². The summed E-state index contributed by atoms with van der Waals surface area (Å²) in [6.07, 6.45) is 1.58. The van der Waals surface area contributed by atoms with Crippen LogP contribution in [-0.2, 0) is 12.8 Å². The number of para-hydroxylation sites is 2. The van der Waals surface area contributed by atoms with E-state index in [-0.39, 0.29) is 46.0 Å². The summed E-state index contributed by atoms with van der Waals surface area (Å²) in [6, 6.07) is 26.6. The van der Waals surface area contributed by atoms with Crippen LogP contribution in [-0.4, -0.2) is 40.9 Å². The molecule has 42 heavy (non-hydrogen) atoms. The third kappa shape index (κ3) is 8.89. The first kappa shape index (κ1) is 31.3. The van der Waals surface area contributed by atoms with E-state index in [1.54, 1.807) is 36.4 Å². The summed E-state index contributed by atoms with van der Waals surface area (Å²) in [5, 5.41) is 75.3. The summed E-state index contributed by atoms with van der Waals surface area (Å²) in [6.45, 7) is 4.27. The lowest BCUT2D eigenvalue weighted by Gasteiger charge is -2.20. The van der Waals surface area contributed by atoms with Gasteiger partial charge in [-0.25, -0.2) is 0 Å². The van der Waals surface area contributed by atoms with E-state index >= 15 is 0 Å². The van der Waals surface area contributed by atoms with Crippen LogP contribution in [0, 0.1) is 11.8 Å². The monoisotopic (exact) mass is 572 g/mol. The average Bonchev–Trinajstić information content (AvgIpc) is 2.96. The molecule has 5 rings (SSSR count). The van der Waals surface area contributed by atoms with Crippen molar-refractivity contribution in [2.75, 3.05) is 0 Å². The minimum absolute atomic E-state index is 0.0753. The molecular weight excluding hydrogens is 536 g/mol. The zero-order valence-electron chi connectivity index (χ0n) is 23.4. The van der Waals surface area contributed by atoms with Gasteiger partial charge < -0.3 is 40.9 Å². The molecule has 0 aliphatic carbocycles. The summed E-state index contributed by atoms with van der Waals surface area (Å²) in [4.78, 5) is 0. The first-order valence-corrected chi connectivity index (χ1v) is 13.3. The minimum Gasteiger partial charge on any atom is -0.504 e. The van der Waals surface area contributed by atoms with Gasteiger partial charge >= 0.3 is 0 Å². The SMILES string of the molecule is CC(Cc1ccc(O)c(O)c1)C(C)Cc1ccc(O)c(O)c1.Oc1cc2ccccc2cc1O.Oc1ccccc1O. The van der Waals surface area contributed by atoms with Crippen molar-refractivity contribution < 1.29 is 40.9 Å². The summed E-state index contributed by atoms with van der Waals surface area (Å²) in [5.41, 5.74) is 1.95. The Kier molecular flexibility index (Phi) is 10.7. The Morgan fingerprint density at radius 3 is 1.02 bits per heavy atom. The van der Waals surface area contributed by atoms with Crippen LogP contribution in [0.1, 0.15) is 25.0 Å². The Morgan fingerprint density at radius 2 is 0.690 bits per heavy atom. The third-order valence-corrected chi connectivity index (χ3v) is 6.89. The Balaban J connectivity index is 0.000000200. The highest BCUT2D eigenvalue weighted by Gasteiger charge is 2.15. The van der Waals surface area contributed by atoms with Crippen molar-refractivity contribution in [3.05, 3.63) is 108 Å². The molecule has 0 saturated carbocycles. The Labute approximate surface area is 244 Å². The predicted molar refractivity (Wildman–Crippen MR) is 162 cm³/mol. The molecule has 0 saturated heterocycles. The second-order valence-corrected chi connectivity index (χ2v) is 10.2. The van der Waals surface area contributed by atoms with Crippen LogP contribution in [0.15, 0.2) is 97.1 Å². The van der Waals surface area contributed by atoms with Gasteiger partial charge in [-0.15, -0.1) is 0 Å². The van der Waals surface area contributed by atoms with Crippen LogP contribution in [0.4, 0.5) is 0 Å². The summed E-state index contributed by atoms with van der Waals surface area (Å²) in [5.74, 6) is 0.0110. The smallest absolute Gasteiger partial charge is 0.158 e. The Hall–Kier alpha value is -5.24. The van der Waals surface area contributed by atoms with E-state index < -0.39 is 0 Å². The molecule has 0 fully saturated rings. The average molecular weight is 573 g/mol. The fourth-order valence-electron chi connectivity index (χ4n) is 4.22. The van der Waals surface area contributed by atoms with Crippen LogP contribution in [0.2, 0.25) is 0 Å². The normalized spacial score (nSPS) is 11.9. The van der Waals surface area contributed by atoms with E-state index in [0.717, 1.165) is 34.7 Å². The molecule has 0 aliphatic rings. The highest BCUT2D eigenvalue weighted by atomic mass is 16.3. The van der Waals surface area contributed by atoms with Crippen LogP contribution in [0.5, 0.6) is 46.0 Å². The fourth-order valence-corrected chi connectivity index (χ4v) is 4.22. The first-order chi connectivity index (χ1) is 19.9. The van der Waals surface area contributed by atoms with Gasteiger partial charge in [0.15, 0.2) is 46.0 Å². The van der Waals surface area contributed by atoms with Crippen LogP contribution >= 0.6 is 0 Å². The molecule has 8 N–H and O–H groups in total. The molecule has 220 valence electrons. The number of rotatable bonds is 5. The summed E-state index contributed by atoms with van der Waals surface area (Å²) >= 11 is 0. The van der Waals surface area contributed by atoms with Gasteiger partial charge in [0.05, 0.1) is 0 Å². The number of aromatic hydroxyl groups is 8. The zero-order valence-corrected chi connectivity index (χ0v) is 23.4. The highest BCUT2D eigenvalue weighted by Crippen LogP contribution is 2.31. The molecule has 5 aromatic carbocycles.